The van der Waals surface area contributed by atoms with Crippen molar-refractivity contribution in [2.75, 3.05) is 32.9 Å². The number of piperazine rings is 1. The van der Waals surface area contributed by atoms with E-state index in [2.05, 4.69) is 20.4 Å². The van der Waals surface area contributed by atoms with Crippen molar-refractivity contribution < 1.29 is 12.9 Å². The van der Waals surface area contributed by atoms with Crippen molar-refractivity contribution in [2.24, 2.45) is 0 Å². The summed E-state index contributed by atoms with van der Waals surface area (Å²) in [4.78, 5) is 6.70. The molecule has 0 spiro atoms. The monoisotopic (exact) mass is 392 g/mol. The summed E-state index contributed by atoms with van der Waals surface area (Å²) >= 11 is 6.16. The van der Waals surface area contributed by atoms with Gasteiger partial charge in [-0.1, -0.05) is 16.8 Å². The van der Waals surface area contributed by atoms with Crippen LogP contribution in [0.15, 0.2) is 27.6 Å². The molecule has 1 aliphatic rings. The number of aromatic nitrogens is 2. The minimum Gasteiger partial charge on any atom is -0.334 e. The van der Waals surface area contributed by atoms with Crippen molar-refractivity contribution in [3.05, 3.63) is 29.0 Å². The number of hydrogen-bond donors (Lipinski definition) is 1. The fourth-order valence-electron chi connectivity index (χ4n) is 2.47. The number of halogens is 2. The minimum absolute atomic E-state index is 0. The van der Waals surface area contributed by atoms with Crippen molar-refractivity contribution in [1.29, 1.82) is 0 Å². The van der Waals surface area contributed by atoms with Crippen molar-refractivity contribution in [3.63, 3.8) is 0 Å². The zero-order valence-corrected chi connectivity index (χ0v) is 15.6. The number of sulfone groups is 1. The van der Waals surface area contributed by atoms with E-state index in [1.807, 2.05) is 7.05 Å². The average Bonchev–Trinajstić information content (AvgIpc) is 2.96. The first kappa shape index (κ1) is 19.1. The lowest BCUT2D eigenvalue weighted by molar-refractivity contribution is 0.190. The Hall–Kier alpha value is -1.19. The summed E-state index contributed by atoms with van der Waals surface area (Å²) in [5.74, 6) is 0.769. The summed E-state index contributed by atoms with van der Waals surface area (Å²) in [6, 6.07) is 4.44. The molecule has 7 nitrogen and oxygen atoms in total. The Morgan fingerprint density at radius 1 is 1.42 bits per heavy atom. The van der Waals surface area contributed by atoms with E-state index in [-0.39, 0.29) is 29.2 Å². The number of nitrogens with one attached hydrogen (secondary N) is 1. The molecule has 2 aromatic rings. The van der Waals surface area contributed by atoms with Crippen LogP contribution < -0.4 is 5.32 Å². The number of likely N-dealkylation sites (N-methyl/N-ethyl adjacent to an activating group) is 1. The van der Waals surface area contributed by atoms with Crippen molar-refractivity contribution >= 4 is 33.8 Å². The Morgan fingerprint density at radius 3 is 2.83 bits per heavy atom. The Kier molecular flexibility index (Phi) is 5.87. The smallest absolute Gasteiger partial charge is 0.259 e. The first-order valence-electron chi connectivity index (χ1n) is 7.11. The second kappa shape index (κ2) is 7.37. The third kappa shape index (κ3) is 3.89. The Balaban J connectivity index is 0.00000208. The van der Waals surface area contributed by atoms with Gasteiger partial charge in [-0.15, -0.1) is 12.4 Å². The Bertz CT molecular complexity index is 825. The highest BCUT2D eigenvalue weighted by Crippen LogP contribution is 2.30. The van der Waals surface area contributed by atoms with Gasteiger partial charge in [0, 0.05) is 25.9 Å². The van der Waals surface area contributed by atoms with E-state index < -0.39 is 9.84 Å². The molecule has 132 valence electrons. The molecule has 0 bridgehead atoms. The molecule has 10 heteroatoms. The SMILES string of the molecule is CN1CCNCC1c1noc(-c2cc(S(C)(=O)=O)ccc2Cl)n1.Cl. The highest BCUT2D eigenvalue weighted by Gasteiger charge is 2.26. The molecule has 1 unspecified atom stereocenters. The second-order valence-electron chi connectivity index (χ2n) is 5.57. The van der Waals surface area contributed by atoms with Gasteiger partial charge in [0.15, 0.2) is 15.7 Å². The summed E-state index contributed by atoms with van der Waals surface area (Å²) in [5, 5.41) is 7.67. The van der Waals surface area contributed by atoms with Crippen molar-refractivity contribution in [3.8, 4) is 11.5 Å². The molecule has 0 saturated carbocycles. The standard InChI is InChI=1S/C14H17ClN4O3S.ClH/c1-19-6-5-16-8-12(19)13-17-14(22-18-13)10-7-9(23(2,20)21)3-4-11(10)15;/h3-4,7,12,16H,5-6,8H2,1-2H3;1H. The molecule has 1 aromatic carbocycles. The van der Waals surface area contributed by atoms with E-state index in [0.717, 1.165) is 25.9 Å². The summed E-state index contributed by atoms with van der Waals surface area (Å²) < 4.78 is 28.7. The molecule has 24 heavy (non-hydrogen) atoms. The van der Waals surface area contributed by atoms with Crippen molar-refractivity contribution in [2.45, 2.75) is 10.9 Å². The number of benzene rings is 1. The minimum atomic E-state index is -3.34. The number of nitrogens with zero attached hydrogens (tertiary/aromatic N) is 3. The van der Waals surface area contributed by atoms with Crippen LogP contribution in [-0.4, -0.2) is 56.4 Å². The van der Waals surface area contributed by atoms with Crippen LogP contribution in [0, 0.1) is 0 Å². The summed E-state index contributed by atoms with van der Waals surface area (Å²) in [7, 11) is -1.34. The molecule has 0 radical (unpaired) electrons. The maximum Gasteiger partial charge on any atom is 0.259 e. The van der Waals surface area contributed by atoms with Gasteiger partial charge in [0.25, 0.3) is 5.89 Å². The van der Waals surface area contributed by atoms with E-state index >= 15 is 0 Å². The van der Waals surface area contributed by atoms with Crippen molar-refractivity contribution in [1.82, 2.24) is 20.4 Å². The fraction of sp³-hybridized carbons (Fsp3) is 0.429. The van der Waals surface area contributed by atoms with Gasteiger partial charge >= 0.3 is 0 Å². The third-order valence-electron chi connectivity index (χ3n) is 3.85. The van der Waals surface area contributed by atoms with Gasteiger partial charge in [-0.3, -0.25) is 4.90 Å². The van der Waals surface area contributed by atoms with E-state index in [9.17, 15) is 8.42 Å². The van der Waals surface area contributed by atoms with Gasteiger partial charge in [0.05, 0.1) is 21.5 Å². The van der Waals surface area contributed by atoms with E-state index in [1.54, 1.807) is 0 Å². The molecule has 3 rings (SSSR count). The zero-order valence-electron chi connectivity index (χ0n) is 13.2. The molecule has 0 aliphatic carbocycles. The fourth-order valence-corrected chi connectivity index (χ4v) is 3.32. The van der Waals surface area contributed by atoms with Crippen LogP contribution in [0.5, 0.6) is 0 Å². The van der Waals surface area contributed by atoms with Crippen LogP contribution in [0.2, 0.25) is 5.02 Å². The van der Waals surface area contributed by atoms with Crippen LogP contribution in [0.3, 0.4) is 0 Å². The van der Waals surface area contributed by atoms with Gasteiger partial charge < -0.3 is 9.84 Å². The molecular weight excluding hydrogens is 375 g/mol. The first-order chi connectivity index (χ1) is 10.9. The molecule has 1 N–H and O–H groups in total. The first-order valence-corrected chi connectivity index (χ1v) is 9.38. The highest BCUT2D eigenvalue weighted by atomic mass is 35.5. The molecule has 2 heterocycles. The molecule has 1 aliphatic heterocycles. The second-order valence-corrected chi connectivity index (χ2v) is 8.00. The largest absolute Gasteiger partial charge is 0.334 e. The van der Waals surface area contributed by atoms with Gasteiger partial charge in [-0.05, 0) is 25.2 Å². The zero-order chi connectivity index (χ0) is 16.6. The van der Waals surface area contributed by atoms with Crippen LogP contribution >= 0.6 is 24.0 Å². The van der Waals surface area contributed by atoms with Crippen LogP contribution in [-0.2, 0) is 9.84 Å². The number of rotatable bonds is 3. The average molecular weight is 393 g/mol. The Morgan fingerprint density at radius 2 is 2.17 bits per heavy atom. The molecule has 1 aromatic heterocycles. The summed E-state index contributed by atoms with van der Waals surface area (Å²) in [6.07, 6.45) is 1.14. The lowest BCUT2D eigenvalue weighted by atomic mass is 10.2. The van der Waals surface area contributed by atoms with E-state index in [4.69, 9.17) is 16.1 Å². The van der Waals surface area contributed by atoms with Gasteiger partial charge in [-0.2, -0.15) is 4.98 Å². The Labute approximate surface area is 151 Å². The summed E-state index contributed by atoms with van der Waals surface area (Å²) in [5.41, 5.74) is 0.416. The molecule has 0 amide bonds. The molecule has 1 fully saturated rings. The van der Waals surface area contributed by atoms with E-state index in [0.29, 0.717) is 16.4 Å². The van der Waals surface area contributed by atoms with E-state index in [1.165, 1.54) is 18.2 Å². The molecular formula is C14H18Cl2N4O3S. The molecule has 1 atom stereocenters. The van der Waals surface area contributed by atoms with Gasteiger partial charge in [-0.25, -0.2) is 8.42 Å². The van der Waals surface area contributed by atoms with Crippen LogP contribution in [0.1, 0.15) is 11.9 Å². The molecule has 1 saturated heterocycles. The third-order valence-corrected chi connectivity index (χ3v) is 5.29. The van der Waals surface area contributed by atoms with Gasteiger partial charge in [0.1, 0.15) is 0 Å². The van der Waals surface area contributed by atoms with Gasteiger partial charge in [0.2, 0.25) is 0 Å². The van der Waals surface area contributed by atoms with Crippen LogP contribution in [0.25, 0.3) is 11.5 Å². The predicted molar refractivity (Wildman–Crippen MR) is 93.3 cm³/mol. The summed E-state index contributed by atoms with van der Waals surface area (Å²) in [6.45, 7) is 2.53. The lowest BCUT2D eigenvalue weighted by Crippen LogP contribution is -2.44. The lowest BCUT2D eigenvalue weighted by Gasteiger charge is -2.30. The quantitative estimate of drug-likeness (QED) is 0.851. The highest BCUT2D eigenvalue weighted by molar-refractivity contribution is 7.90. The number of hydrogen-bond acceptors (Lipinski definition) is 7. The maximum atomic E-state index is 11.7. The van der Waals surface area contributed by atoms with Crippen LogP contribution in [0.4, 0.5) is 0 Å². The predicted octanol–water partition coefficient (Wildman–Crippen LogP) is 1.79. The normalized spacial score (nSPS) is 19.0. The maximum absolute atomic E-state index is 11.7. The topological polar surface area (TPSA) is 88.3 Å².